The fourth-order valence-corrected chi connectivity index (χ4v) is 2.80. The summed E-state index contributed by atoms with van der Waals surface area (Å²) in [4.78, 5) is -0.0466. The highest BCUT2D eigenvalue weighted by Crippen LogP contribution is 2.26. The van der Waals surface area contributed by atoms with Crippen LogP contribution in [0, 0.1) is 11.3 Å². The zero-order valence-corrected chi connectivity index (χ0v) is 12.3. The van der Waals surface area contributed by atoms with Gasteiger partial charge in [0, 0.05) is 0 Å². The summed E-state index contributed by atoms with van der Waals surface area (Å²) in [6.07, 6.45) is 2.04. The van der Waals surface area contributed by atoms with E-state index in [0.29, 0.717) is 11.3 Å². The van der Waals surface area contributed by atoms with Crippen molar-refractivity contribution in [3.63, 3.8) is 0 Å². The molecule has 0 spiro atoms. The molecule has 0 aliphatic heterocycles. The van der Waals surface area contributed by atoms with E-state index in [-0.39, 0.29) is 4.90 Å². The van der Waals surface area contributed by atoms with Gasteiger partial charge in [0.05, 0.1) is 4.90 Å². The standard InChI is InChI=1S/C14H22O3S/c1-11(10-14(2,3)4)9-12-5-7-13(8-6-12)18(15,16)17/h5-8,11H,9-10H2,1-4H3,(H,15,16,17). The monoisotopic (exact) mass is 270 g/mol. The minimum Gasteiger partial charge on any atom is -0.282 e. The molecule has 0 saturated heterocycles. The van der Waals surface area contributed by atoms with Crippen LogP contribution in [-0.4, -0.2) is 13.0 Å². The molecule has 0 aliphatic carbocycles. The second kappa shape index (κ2) is 5.41. The summed E-state index contributed by atoms with van der Waals surface area (Å²) in [6, 6.07) is 6.44. The predicted octanol–water partition coefficient (Wildman–Crippen LogP) is 3.55. The summed E-state index contributed by atoms with van der Waals surface area (Å²) in [5.41, 5.74) is 1.40. The van der Waals surface area contributed by atoms with Gasteiger partial charge in [-0.05, 0) is 41.9 Å². The molecule has 0 radical (unpaired) electrons. The van der Waals surface area contributed by atoms with Gasteiger partial charge in [0.1, 0.15) is 0 Å². The minimum absolute atomic E-state index is 0.0466. The van der Waals surface area contributed by atoms with Gasteiger partial charge in [-0.3, -0.25) is 4.55 Å². The second-order valence-electron chi connectivity index (χ2n) is 6.19. The molecule has 0 fully saturated rings. The molecule has 4 heteroatoms. The Bertz CT molecular complexity index is 481. The lowest BCUT2D eigenvalue weighted by atomic mass is 9.83. The highest BCUT2D eigenvalue weighted by molar-refractivity contribution is 7.85. The Morgan fingerprint density at radius 1 is 1.17 bits per heavy atom. The van der Waals surface area contributed by atoms with Crippen LogP contribution in [0.5, 0.6) is 0 Å². The molecule has 1 aromatic carbocycles. The van der Waals surface area contributed by atoms with Crippen molar-refractivity contribution in [1.82, 2.24) is 0 Å². The number of rotatable bonds is 4. The van der Waals surface area contributed by atoms with Gasteiger partial charge < -0.3 is 0 Å². The van der Waals surface area contributed by atoms with Gasteiger partial charge >= 0.3 is 0 Å². The molecule has 102 valence electrons. The largest absolute Gasteiger partial charge is 0.294 e. The summed E-state index contributed by atoms with van der Waals surface area (Å²) >= 11 is 0. The van der Waals surface area contributed by atoms with Gasteiger partial charge in [-0.15, -0.1) is 0 Å². The van der Waals surface area contributed by atoms with E-state index in [0.717, 1.165) is 18.4 Å². The second-order valence-corrected chi connectivity index (χ2v) is 7.61. The van der Waals surface area contributed by atoms with Gasteiger partial charge in [-0.1, -0.05) is 39.8 Å². The van der Waals surface area contributed by atoms with Crippen molar-refractivity contribution in [2.24, 2.45) is 11.3 Å². The third-order valence-corrected chi connectivity index (χ3v) is 3.63. The smallest absolute Gasteiger partial charge is 0.282 e. The predicted molar refractivity (Wildman–Crippen MR) is 73.2 cm³/mol. The Morgan fingerprint density at radius 2 is 1.67 bits per heavy atom. The van der Waals surface area contributed by atoms with Gasteiger partial charge in [0.15, 0.2) is 0 Å². The molecule has 1 unspecified atom stereocenters. The van der Waals surface area contributed by atoms with Crippen LogP contribution in [0.25, 0.3) is 0 Å². The molecule has 0 bridgehead atoms. The number of benzene rings is 1. The van der Waals surface area contributed by atoms with E-state index in [1.807, 2.05) is 0 Å². The van der Waals surface area contributed by atoms with Crippen molar-refractivity contribution in [2.75, 3.05) is 0 Å². The van der Waals surface area contributed by atoms with E-state index in [1.165, 1.54) is 12.1 Å². The normalized spacial score (nSPS) is 14.5. The molecule has 0 heterocycles. The first-order valence-electron chi connectivity index (χ1n) is 6.14. The Balaban J connectivity index is 2.70. The highest BCUT2D eigenvalue weighted by Gasteiger charge is 2.16. The molecular formula is C14H22O3S. The summed E-state index contributed by atoms with van der Waals surface area (Å²) in [7, 11) is -4.08. The van der Waals surface area contributed by atoms with Crippen LogP contribution in [0.3, 0.4) is 0 Å². The number of hydrogen-bond donors (Lipinski definition) is 1. The number of hydrogen-bond acceptors (Lipinski definition) is 2. The molecule has 1 N–H and O–H groups in total. The Hall–Kier alpha value is -0.870. The zero-order chi connectivity index (χ0) is 14.0. The van der Waals surface area contributed by atoms with Crippen LogP contribution in [-0.2, 0) is 16.5 Å². The van der Waals surface area contributed by atoms with Crippen molar-refractivity contribution in [3.05, 3.63) is 29.8 Å². The van der Waals surface area contributed by atoms with Crippen molar-refractivity contribution in [3.8, 4) is 0 Å². The molecular weight excluding hydrogens is 248 g/mol. The minimum atomic E-state index is -4.08. The highest BCUT2D eigenvalue weighted by atomic mass is 32.2. The lowest BCUT2D eigenvalue weighted by Crippen LogP contribution is -2.12. The van der Waals surface area contributed by atoms with Crippen molar-refractivity contribution in [1.29, 1.82) is 0 Å². The summed E-state index contributed by atoms with van der Waals surface area (Å²) < 4.78 is 30.7. The lowest BCUT2D eigenvalue weighted by molar-refractivity contribution is 0.306. The molecule has 1 aromatic rings. The maximum atomic E-state index is 10.9. The van der Waals surface area contributed by atoms with E-state index in [2.05, 4.69) is 27.7 Å². The molecule has 0 saturated carbocycles. The van der Waals surface area contributed by atoms with Gasteiger partial charge in [0.25, 0.3) is 10.1 Å². The van der Waals surface area contributed by atoms with Gasteiger partial charge in [0.2, 0.25) is 0 Å². The maximum Gasteiger partial charge on any atom is 0.294 e. The van der Waals surface area contributed by atoms with Crippen LogP contribution in [0.2, 0.25) is 0 Å². The topological polar surface area (TPSA) is 54.4 Å². The van der Waals surface area contributed by atoms with E-state index in [1.54, 1.807) is 12.1 Å². The summed E-state index contributed by atoms with van der Waals surface area (Å²) in [6.45, 7) is 8.84. The quantitative estimate of drug-likeness (QED) is 0.851. The van der Waals surface area contributed by atoms with Crippen LogP contribution in [0.4, 0.5) is 0 Å². The van der Waals surface area contributed by atoms with E-state index in [4.69, 9.17) is 4.55 Å². The van der Waals surface area contributed by atoms with E-state index >= 15 is 0 Å². The Morgan fingerprint density at radius 3 is 2.06 bits per heavy atom. The van der Waals surface area contributed by atoms with Gasteiger partial charge in [-0.2, -0.15) is 8.42 Å². The average Bonchev–Trinajstić information content (AvgIpc) is 2.13. The van der Waals surface area contributed by atoms with E-state index < -0.39 is 10.1 Å². The third-order valence-electron chi connectivity index (χ3n) is 2.77. The third kappa shape index (κ3) is 5.19. The maximum absolute atomic E-state index is 10.9. The van der Waals surface area contributed by atoms with Crippen LogP contribution in [0.15, 0.2) is 29.2 Å². The van der Waals surface area contributed by atoms with Gasteiger partial charge in [-0.25, -0.2) is 0 Å². The first-order valence-corrected chi connectivity index (χ1v) is 7.58. The fraction of sp³-hybridized carbons (Fsp3) is 0.571. The SMILES string of the molecule is CC(Cc1ccc(S(=O)(=O)O)cc1)CC(C)(C)C. The lowest BCUT2D eigenvalue weighted by Gasteiger charge is -2.23. The molecule has 0 aliphatic rings. The van der Waals surface area contributed by atoms with Crippen molar-refractivity contribution in [2.45, 2.75) is 45.4 Å². The van der Waals surface area contributed by atoms with Crippen LogP contribution in [0.1, 0.15) is 39.7 Å². The van der Waals surface area contributed by atoms with Crippen LogP contribution < -0.4 is 0 Å². The first kappa shape index (κ1) is 15.2. The van der Waals surface area contributed by atoms with Crippen molar-refractivity contribution >= 4 is 10.1 Å². The molecule has 0 amide bonds. The van der Waals surface area contributed by atoms with Crippen LogP contribution >= 0.6 is 0 Å². The fourth-order valence-electron chi connectivity index (χ4n) is 2.32. The molecule has 1 rings (SSSR count). The summed E-state index contributed by atoms with van der Waals surface area (Å²) in [5.74, 6) is 0.543. The molecule has 3 nitrogen and oxygen atoms in total. The summed E-state index contributed by atoms with van der Waals surface area (Å²) in [5, 5.41) is 0. The molecule has 1 atom stereocenters. The Labute approximate surface area is 110 Å². The molecule has 0 aromatic heterocycles. The van der Waals surface area contributed by atoms with Crippen molar-refractivity contribution < 1.29 is 13.0 Å². The Kier molecular flexibility index (Phi) is 4.56. The zero-order valence-electron chi connectivity index (χ0n) is 11.5. The van der Waals surface area contributed by atoms with E-state index in [9.17, 15) is 8.42 Å². The molecule has 18 heavy (non-hydrogen) atoms. The first-order chi connectivity index (χ1) is 8.08. The average molecular weight is 270 g/mol.